The largest absolute Gasteiger partial charge is 0.496 e. The maximum atomic E-state index is 15.5. The summed E-state index contributed by atoms with van der Waals surface area (Å²) in [5.74, 6) is 0.0478. The molecule has 0 spiro atoms. The minimum Gasteiger partial charge on any atom is -0.496 e. The van der Waals surface area contributed by atoms with Crippen LogP contribution < -0.4 is 24.7 Å². The van der Waals surface area contributed by atoms with E-state index in [2.05, 4.69) is 0 Å². The average molecular weight is 697 g/mol. The Kier molecular flexibility index (Phi) is 11.0. The highest BCUT2D eigenvalue weighted by molar-refractivity contribution is 6.05. The van der Waals surface area contributed by atoms with Crippen molar-refractivity contribution in [2.75, 3.05) is 28.4 Å². The molecule has 10 heteroatoms. The fourth-order valence-electron chi connectivity index (χ4n) is 7.91. The predicted molar refractivity (Wildman–Crippen MR) is 194 cm³/mol. The molecule has 0 bridgehead atoms. The van der Waals surface area contributed by atoms with Gasteiger partial charge in [0.15, 0.2) is 0 Å². The van der Waals surface area contributed by atoms with Gasteiger partial charge in [0, 0.05) is 22.3 Å². The van der Waals surface area contributed by atoms with E-state index in [1.165, 1.54) is 33.3 Å². The number of hydrogen-bond donors (Lipinski definition) is 3. The highest BCUT2D eigenvalue weighted by Crippen LogP contribution is 2.51. The number of rotatable bonds is 14. The molecule has 4 aromatic carbocycles. The van der Waals surface area contributed by atoms with E-state index in [1.807, 2.05) is 0 Å². The Morgan fingerprint density at radius 1 is 0.608 bits per heavy atom. The molecule has 4 N–H and O–H groups in total. The van der Waals surface area contributed by atoms with E-state index in [0.29, 0.717) is 58.1 Å². The molecule has 0 heterocycles. The van der Waals surface area contributed by atoms with Crippen LogP contribution in [0.3, 0.4) is 0 Å². The van der Waals surface area contributed by atoms with E-state index in [9.17, 15) is 15.0 Å². The summed E-state index contributed by atoms with van der Waals surface area (Å²) in [6.45, 7) is 3.39. The second-order valence-electron chi connectivity index (χ2n) is 13.1. The van der Waals surface area contributed by atoms with E-state index < -0.39 is 40.5 Å². The molecule has 5 rings (SSSR count). The van der Waals surface area contributed by atoms with Crippen LogP contribution in [0.15, 0.2) is 97.1 Å². The third-order valence-electron chi connectivity index (χ3n) is 10.7. The lowest BCUT2D eigenvalue weighted by Crippen LogP contribution is -2.64. The molecule has 51 heavy (non-hydrogen) atoms. The molecule has 0 saturated heterocycles. The zero-order valence-corrected chi connectivity index (χ0v) is 30.1. The number of nitrogens with two attached hydrogens (primary N) is 1. The van der Waals surface area contributed by atoms with E-state index in [1.54, 1.807) is 111 Å². The first kappa shape index (κ1) is 37.2. The van der Waals surface area contributed by atoms with Gasteiger partial charge in [-0.1, -0.05) is 85.6 Å². The van der Waals surface area contributed by atoms with Crippen molar-refractivity contribution in [3.63, 3.8) is 0 Å². The molecule has 0 radical (unpaired) electrons. The van der Waals surface area contributed by atoms with Crippen molar-refractivity contribution in [3.8, 4) is 23.0 Å². The zero-order chi connectivity index (χ0) is 37.0. The third kappa shape index (κ3) is 6.16. The van der Waals surface area contributed by atoms with Crippen molar-refractivity contribution in [2.45, 2.75) is 62.8 Å². The number of ether oxygens (including phenoxy) is 4. The summed E-state index contributed by atoms with van der Waals surface area (Å²) in [7, 11) is 6.00. The van der Waals surface area contributed by atoms with Crippen LogP contribution in [0.2, 0.25) is 0 Å². The Bertz CT molecular complexity index is 1650. The monoisotopic (exact) mass is 696 g/mol. The number of aliphatic hydroxyl groups is 2. The Balaban J connectivity index is 1.89. The first-order valence-electron chi connectivity index (χ1n) is 17.1. The second kappa shape index (κ2) is 15.0. The number of amides is 2. The number of nitrogens with zero attached hydrogens (tertiary/aromatic N) is 1. The summed E-state index contributed by atoms with van der Waals surface area (Å²) in [4.78, 5) is 30.4. The Hall–Kier alpha value is -5.06. The van der Waals surface area contributed by atoms with Crippen LogP contribution in [-0.4, -0.2) is 67.5 Å². The van der Waals surface area contributed by atoms with E-state index in [-0.39, 0.29) is 12.8 Å². The molecule has 1 aliphatic rings. The number of carbonyl (C=O) groups excluding carboxylic acids is 2. The molecule has 10 nitrogen and oxygen atoms in total. The van der Waals surface area contributed by atoms with Gasteiger partial charge in [0.2, 0.25) is 11.8 Å². The summed E-state index contributed by atoms with van der Waals surface area (Å²) in [5.41, 5.74) is 1.82. The second-order valence-corrected chi connectivity index (χ2v) is 13.1. The van der Waals surface area contributed by atoms with Crippen LogP contribution in [0.25, 0.3) is 0 Å². The Labute approximate surface area is 299 Å². The van der Waals surface area contributed by atoms with Gasteiger partial charge in [0.05, 0.1) is 40.5 Å². The van der Waals surface area contributed by atoms with Crippen molar-refractivity contribution in [1.82, 2.24) is 4.90 Å². The van der Waals surface area contributed by atoms with Gasteiger partial charge in [-0.05, 0) is 51.0 Å². The van der Waals surface area contributed by atoms with Gasteiger partial charge >= 0.3 is 0 Å². The lowest BCUT2D eigenvalue weighted by molar-refractivity contribution is -0.164. The van der Waals surface area contributed by atoms with Crippen molar-refractivity contribution in [2.24, 2.45) is 11.1 Å². The van der Waals surface area contributed by atoms with E-state index in [0.717, 1.165) is 0 Å². The van der Waals surface area contributed by atoms with Gasteiger partial charge in [-0.25, -0.2) is 0 Å². The lowest BCUT2D eigenvalue weighted by Gasteiger charge is -2.51. The lowest BCUT2D eigenvalue weighted by atomic mass is 9.73. The van der Waals surface area contributed by atoms with E-state index >= 15 is 4.79 Å². The van der Waals surface area contributed by atoms with Crippen molar-refractivity contribution in [1.29, 1.82) is 0 Å². The smallest absolute Gasteiger partial charge is 0.238 e. The normalized spacial score (nSPS) is 15.4. The molecule has 0 aromatic heterocycles. The summed E-state index contributed by atoms with van der Waals surface area (Å²) in [6, 6.07) is 25.6. The maximum absolute atomic E-state index is 15.5. The molecule has 270 valence electrons. The first-order valence-corrected chi connectivity index (χ1v) is 17.1. The van der Waals surface area contributed by atoms with E-state index in [4.69, 9.17) is 24.7 Å². The molecule has 0 aliphatic heterocycles. The average Bonchev–Trinajstić information content (AvgIpc) is 3.69. The predicted octanol–water partition coefficient (Wildman–Crippen LogP) is 5.54. The van der Waals surface area contributed by atoms with Gasteiger partial charge in [-0.2, -0.15) is 0 Å². The SMILES string of the molecule is COc1ccccc1C(O)(c1ccccc1OC)[C@@H](C)N(C(=O)C1(C(N)=O)CCCC1)[C@H](C)C(O)(c1ccccc1OC)c1ccccc1OC. The van der Waals surface area contributed by atoms with Crippen LogP contribution in [0, 0.1) is 5.41 Å². The standard InChI is InChI=1S/C41H48N2O8/c1-27(40(46,29-17-7-11-21-33(29)48-3)30-18-8-12-22-34(30)49-4)43(38(45)39(37(42)44)25-15-16-26-39)28(2)41(47,31-19-9-13-23-35(31)50-5)32-20-10-14-24-36(32)51-6/h7-14,17-24,27-28,46-47H,15-16,25-26H2,1-6H3,(H2,42,44)/t27-,28-/m1/s1. The van der Waals surface area contributed by atoms with Crippen LogP contribution >= 0.6 is 0 Å². The molecule has 2 amide bonds. The van der Waals surface area contributed by atoms with Crippen molar-refractivity contribution < 1.29 is 38.7 Å². The minimum absolute atomic E-state index is 0.223. The summed E-state index contributed by atoms with van der Waals surface area (Å²) in [6.07, 6.45) is 1.66. The molecule has 1 aliphatic carbocycles. The number of para-hydroxylation sites is 4. The fourth-order valence-corrected chi connectivity index (χ4v) is 7.91. The van der Waals surface area contributed by atoms with Crippen LogP contribution in [-0.2, 0) is 20.8 Å². The van der Waals surface area contributed by atoms with Gasteiger partial charge in [-0.3, -0.25) is 9.59 Å². The van der Waals surface area contributed by atoms with Crippen LogP contribution in [0.5, 0.6) is 23.0 Å². The third-order valence-corrected chi connectivity index (χ3v) is 10.7. The molecule has 1 saturated carbocycles. The molecular weight excluding hydrogens is 648 g/mol. The number of primary amides is 1. The molecular formula is C41H48N2O8. The van der Waals surface area contributed by atoms with Gasteiger partial charge < -0.3 is 39.8 Å². The van der Waals surface area contributed by atoms with Gasteiger partial charge in [0.25, 0.3) is 0 Å². The topological polar surface area (TPSA) is 141 Å². The quantitative estimate of drug-likeness (QED) is 0.146. The van der Waals surface area contributed by atoms with Crippen LogP contribution in [0.1, 0.15) is 61.8 Å². The molecule has 4 aromatic rings. The number of benzene rings is 4. The summed E-state index contributed by atoms with van der Waals surface area (Å²) in [5, 5.41) is 27.0. The summed E-state index contributed by atoms with van der Waals surface area (Å²) >= 11 is 0. The van der Waals surface area contributed by atoms with Crippen molar-refractivity contribution in [3.05, 3.63) is 119 Å². The Morgan fingerprint density at radius 2 is 0.882 bits per heavy atom. The highest BCUT2D eigenvalue weighted by Gasteiger charge is 2.58. The summed E-state index contributed by atoms with van der Waals surface area (Å²) < 4.78 is 23.2. The molecule has 1 fully saturated rings. The molecule has 2 atom stereocenters. The molecule has 0 unspecified atom stereocenters. The number of methoxy groups -OCH3 is 4. The number of carbonyl (C=O) groups is 2. The van der Waals surface area contributed by atoms with Crippen molar-refractivity contribution >= 4 is 11.8 Å². The maximum Gasteiger partial charge on any atom is 0.238 e. The minimum atomic E-state index is -2.04. The first-order chi connectivity index (χ1) is 24.5. The van der Waals surface area contributed by atoms with Crippen LogP contribution in [0.4, 0.5) is 0 Å². The highest BCUT2D eigenvalue weighted by atomic mass is 16.5. The number of hydrogen-bond acceptors (Lipinski definition) is 8. The van der Waals surface area contributed by atoms with Gasteiger partial charge in [-0.15, -0.1) is 0 Å². The zero-order valence-electron chi connectivity index (χ0n) is 30.1. The van der Waals surface area contributed by atoms with Gasteiger partial charge in [0.1, 0.15) is 39.6 Å². The fraction of sp³-hybridized carbons (Fsp3) is 0.366. The Morgan fingerprint density at radius 3 is 1.14 bits per heavy atom.